The van der Waals surface area contributed by atoms with Crippen LogP contribution in [0.25, 0.3) is 0 Å². The summed E-state index contributed by atoms with van der Waals surface area (Å²) in [6, 6.07) is 17.6. The van der Waals surface area contributed by atoms with Crippen LogP contribution < -0.4 is 0 Å². The number of halogens is 2. The number of rotatable bonds is 21. The van der Waals surface area contributed by atoms with Gasteiger partial charge >= 0.3 is 0 Å². The molecule has 0 aromatic heterocycles. The van der Waals surface area contributed by atoms with Gasteiger partial charge in [0.1, 0.15) is 0 Å². The molecule has 0 aliphatic rings. The Kier molecular flexibility index (Phi) is 17.4. The monoisotopic (exact) mass is 502 g/mol. The smallest absolute Gasteiger partial charge is 0.0474 e. The van der Waals surface area contributed by atoms with Gasteiger partial charge in [0.15, 0.2) is 0 Å². The lowest BCUT2D eigenvalue weighted by atomic mass is 10.0. The van der Waals surface area contributed by atoms with Crippen LogP contribution >= 0.6 is 23.2 Å². The molecule has 0 aliphatic heterocycles. The van der Waals surface area contributed by atoms with E-state index in [2.05, 4.69) is 48.5 Å². The van der Waals surface area contributed by atoms with Gasteiger partial charge in [0.25, 0.3) is 0 Å². The fraction of sp³-hybridized carbons (Fsp3) is 0.625. The molecule has 0 spiro atoms. The van der Waals surface area contributed by atoms with E-state index >= 15 is 0 Å². The van der Waals surface area contributed by atoms with Crippen LogP contribution in [0.3, 0.4) is 0 Å². The number of unbranched alkanes of at least 4 members (excludes halogenated alkanes) is 15. The van der Waals surface area contributed by atoms with Crippen molar-refractivity contribution in [2.24, 2.45) is 0 Å². The molecule has 34 heavy (non-hydrogen) atoms. The van der Waals surface area contributed by atoms with Crippen molar-refractivity contribution in [2.75, 3.05) is 0 Å². The summed E-state index contributed by atoms with van der Waals surface area (Å²) in [5.41, 5.74) is 5.35. The molecule has 0 amide bonds. The molecule has 2 rings (SSSR count). The molecule has 0 N–H and O–H groups in total. The minimum Gasteiger partial charge on any atom is -0.122 e. The first-order chi connectivity index (χ1) is 16.8. The van der Waals surface area contributed by atoms with Crippen molar-refractivity contribution >= 4 is 23.2 Å². The number of hydrogen-bond acceptors (Lipinski definition) is 0. The van der Waals surface area contributed by atoms with Gasteiger partial charge in [0.2, 0.25) is 0 Å². The van der Waals surface area contributed by atoms with E-state index < -0.39 is 0 Å². The van der Waals surface area contributed by atoms with Gasteiger partial charge in [-0.2, -0.15) is 0 Å². The summed E-state index contributed by atoms with van der Waals surface area (Å²) in [7, 11) is 0. The Bertz CT molecular complexity index is 641. The highest BCUT2D eigenvalue weighted by Gasteiger charge is 1.98. The highest BCUT2D eigenvalue weighted by molar-refractivity contribution is 6.17. The van der Waals surface area contributed by atoms with E-state index in [4.69, 9.17) is 23.2 Å². The largest absolute Gasteiger partial charge is 0.122 e. The van der Waals surface area contributed by atoms with Gasteiger partial charge in [-0.3, -0.25) is 0 Å². The van der Waals surface area contributed by atoms with Gasteiger partial charge in [-0.1, -0.05) is 138 Å². The fourth-order valence-electron chi connectivity index (χ4n) is 4.72. The standard InChI is InChI=1S/C32H48Cl2/c33-27-31-23-19-29(20-24-31)17-15-13-11-9-7-5-3-1-2-4-6-8-10-12-14-16-18-30-21-25-32(28-34)26-22-30/h19-26H,1-18,27-28H2. The second-order valence-electron chi connectivity index (χ2n) is 10.1. The summed E-state index contributed by atoms with van der Waals surface area (Å²) in [6.07, 6.45) is 25.0. The van der Waals surface area contributed by atoms with Crippen molar-refractivity contribution in [3.05, 3.63) is 70.8 Å². The summed E-state index contributed by atoms with van der Waals surface area (Å²) >= 11 is 11.7. The highest BCUT2D eigenvalue weighted by atomic mass is 35.5. The Labute approximate surface area is 220 Å². The number of alkyl halides is 2. The van der Waals surface area contributed by atoms with Crippen molar-refractivity contribution in [3.8, 4) is 0 Å². The predicted octanol–water partition coefficient (Wildman–Crippen LogP) is 11.2. The normalized spacial score (nSPS) is 11.2. The Morgan fingerprint density at radius 1 is 0.294 bits per heavy atom. The third-order valence-corrected chi connectivity index (χ3v) is 7.65. The molecule has 2 aromatic rings. The molecule has 0 saturated carbocycles. The van der Waals surface area contributed by atoms with Crippen LogP contribution in [0.15, 0.2) is 48.5 Å². The summed E-state index contributed by atoms with van der Waals surface area (Å²) in [5.74, 6) is 1.24. The van der Waals surface area contributed by atoms with Crippen LogP contribution in [0.5, 0.6) is 0 Å². The predicted molar refractivity (Wildman–Crippen MR) is 153 cm³/mol. The third kappa shape index (κ3) is 14.4. The first-order valence-electron chi connectivity index (χ1n) is 14.1. The second kappa shape index (κ2) is 20.2. The summed E-state index contributed by atoms with van der Waals surface area (Å²) in [6.45, 7) is 0. The molecule has 2 heteroatoms. The van der Waals surface area contributed by atoms with E-state index in [-0.39, 0.29) is 0 Å². The van der Waals surface area contributed by atoms with Gasteiger partial charge < -0.3 is 0 Å². The SMILES string of the molecule is ClCc1ccc(CCCCCCCCCCCCCCCCCCc2ccc(CCl)cc2)cc1. The quantitative estimate of drug-likeness (QED) is 0.117. The van der Waals surface area contributed by atoms with E-state index in [0.717, 1.165) is 0 Å². The summed E-state index contributed by atoms with van der Waals surface area (Å²) in [4.78, 5) is 0. The van der Waals surface area contributed by atoms with Crippen molar-refractivity contribution in [1.82, 2.24) is 0 Å². The van der Waals surface area contributed by atoms with E-state index in [1.807, 2.05) is 0 Å². The van der Waals surface area contributed by atoms with Crippen molar-refractivity contribution in [3.63, 3.8) is 0 Å². The Balaban J connectivity index is 1.26. The topological polar surface area (TPSA) is 0 Å². The minimum absolute atomic E-state index is 0.619. The minimum atomic E-state index is 0.619. The molecule has 0 radical (unpaired) electrons. The molecule has 0 fully saturated rings. The second-order valence-corrected chi connectivity index (χ2v) is 10.6. The molecule has 0 saturated heterocycles. The lowest BCUT2D eigenvalue weighted by Crippen LogP contribution is -1.88. The average molecular weight is 504 g/mol. The Morgan fingerprint density at radius 3 is 0.735 bits per heavy atom. The van der Waals surface area contributed by atoms with Crippen LogP contribution in [0.2, 0.25) is 0 Å². The maximum atomic E-state index is 5.85. The van der Waals surface area contributed by atoms with Crippen LogP contribution in [-0.4, -0.2) is 0 Å². The van der Waals surface area contributed by atoms with Crippen molar-refractivity contribution < 1.29 is 0 Å². The number of benzene rings is 2. The zero-order valence-electron chi connectivity index (χ0n) is 21.5. The van der Waals surface area contributed by atoms with Crippen molar-refractivity contribution in [2.45, 2.75) is 127 Å². The van der Waals surface area contributed by atoms with Gasteiger partial charge in [0, 0.05) is 11.8 Å². The lowest BCUT2D eigenvalue weighted by molar-refractivity contribution is 0.528. The average Bonchev–Trinajstić information content (AvgIpc) is 2.88. The van der Waals surface area contributed by atoms with Crippen LogP contribution in [0, 0.1) is 0 Å². The van der Waals surface area contributed by atoms with Crippen LogP contribution in [0.1, 0.15) is 125 Å². The Morgan fingerprint density at radius 2 is 0.500 bits per heavy atom. The van der Waals surface area contributed by atoms with Gasteiger partial charge in [-0.15, -0.1) is 23.2 Å². The fourth-order valence-corrected chi connectivity index (χ4v) is 5.08. The number of aryl methyl sites for hydroxylation is 2. The van der Waals surface area contributed by atoms with E-state index in [9.17, 15) is 0 Å². The van der Waals surface area contributed by atoms with E-state index in [1.54, 1.807) is 0 Å². The van der Waals surface area contributed by atoms with Crippen molar-refractivity contribution in [1.29, 1.82) is 0 Å². The van der Waals surface area contributed by atoms with Gasteiger partial charge in [-0.05, 0) is 47.9 Å². The molecule has 0 nitrogen and oxygen atoms in total. The molecular formula is C32H48Cl2. The van der Waals surface area contributed by atoms with Crippen LogP contribution in [0.4, 0.5) is 0 Å². The molecule has 0 atom stereocenters. The van der Waals surface area contributed by atoms with Crippen LogP contribution in [-0.2, 0) is 24.6 Å². The molecule has 0 heterocycles. The third-order valence-electron chi connectivity index (χ3n) is 7.04. The molecule has 190 valence electrons. The van der Waals surface area contributed by atoms with E-state index in [0.29, 0.717) is 11.8 Å². The first kappa shape index (κ1) is 29.3. The highest BCUT2D eigenvalue weighted by Crippen LogP contribution is 2.16. The number of hydrogen-bond donors (Lipinski definition) is 0. The molecule has 0 aliphatic carbocycles. The maximum Gasteiger partial charge on any atom is 0.0474 e. The van der Waals surface area contributed by atoms with Gasteiger partial charge in [-0.25, -0.2) is 0 Å². The maximum absolute atomic E-state index is 5.85. The molecule has 0 bridgehead atoms. The molecule has 2 aromatic carbocycles. The van der Waals surface area contributed by atoms with E-state index in [1.165, 1.54) is 138 Å². The molecule has 0 unspecified atom stereocenters. The molecular weight excluding hydrogens is 455 g/mol. The lowest BCUT2D eigenvalue weighted by Gasteiger charge is -2.05. The van der Waals surface area contributed by atoms with Gasteiger partial charge in [0.05, 0.1) is 0 Å². The first-order valence-corrected chi connectivity index (χ1v) is 15.2. The summed E-state index contributed by atoms with van der Waals surface area (Å²) < 4.78 is 0. The zero-order chi connectivity index (χ0) is 24.1. The zero-order valence-corrected chi connectivity index (χ0v) is 23.0. The Hall–Kier alpha value is -0.980. The summed E-state index contributed by atoms with van der Waals surface area (Å²) in [5, 5.41) is 0.